The van der Waals surface area contributed by atoms with Gasteiger partial charge in [0.25, 0.3) is 5.91 Å². The third kappa shape index (κ3) is 4.88. The second kappa shape index (κ2) is 9.06. The maximum absolute atomic E-state index is 12.9. The van der Waals surface area contributed by atoms with Crippen LogP contribution in [0.3, 0.4) is 0 Å². The molecule has 1 atom stereocenters. The summed E-state index contributed by atoms with van der Waals surface area (Å²) in [5, 5.41) is 3.12. The fourth-order valence-electron chi connectivity index (χ4n) is 3.67. The molecule has 1 amide bonds. The summed E-state index contributed by atoms with van der Waals surface area (Å²) < 4.78 is 3.16. The van der Waals surface area contributed by atoms with E-state index in [9.17, 15) is 4.79 Å². The Morgan fingerprint density at radius 3 is 2.48 bits per heavy atom. The van der Waals surface area contributed by atoms with E-state index in [0.717, 1.165) is 27.6 Å². The van der Waals surface area contributed by atoms with Gasteiger partial charge in [0.1, 0.15) is 0 Å². The molecular weight excluding hydrogens is 450 g/mol. The highest BCUT2D eigenvalue weighted by atomic mass is 79.9. The van der Waals surface area contributed by atoms with E-state index in [1.807, 2.05) is 43.6 Å². The summed E-state index contributed by atoms with van der Waals surface area (Å²) in [6.07, 6.45) is 1.83. The summed E-state index contributed by atoms with van der Waals surface area (Å²) in [5.41, 5.74) is 6.03. The van der Waals surface area contributed by atoms with Crippen molar-refractivity contribution >= 4 is 32.9 Å². The number of hydrogen-bond acceptors (Lipinski definition) is 2. The number of fused-ring (bicyclic) bond motifs is 1. The highest BCUT2D eigenvalue weighted by molar-refractivity contribution is 9.10. The lowest BCUT2D eigenvalue weighted by Gasteiger charge is -2.16. The van der Waals surface area contributed by atoms with Gasteiger partial charge >= 0.3 is 0 Å². The second-order valence-electron chi connectivity index (χ2n) is 8.22. The van der Waals surface area contributed by atoms with Crippen LogP contribution in [0.25, 0.3) is 11.0 Å². The lowest BCUT2D eigenvalue weighted by Crippen LogP contribution is -2.26. The number of carbonyl (C=O) groups is 1. The molecule has 1 N–H and O–H groups in total. The minimum absolute atomic E-state index is 0.0724. The Kier molecular flexibility index (Phi) is 6.23. The Hall–Kier alpha value is -2.92. The van der Waals surface area contributed by atoms with Gasteiger partial charge in [-0.15, -0.1) is 0 Å². The predicted molar refractivity (Wildman–Crippen MR) is 129 cm³/mol. The molecule has 1 heterocycles. The first-order valence-corrected chi connectivity index (χ1v) is 11.3. The van der Waals surface area contributed by atoms with Gasteiger partial charge in [0.15, 0.2) is 0 Å². The molecule has 4 aromatic rings. The number of nitrogens with zero attached hydrogens (tertiary/aromatic N) is 2. The van der Waals surface area contributed by atoms with E-state index in [1.54, 1.807) is 0 Å². The van der Waals surface area contributed by atoms with Gasteiger partial charge in [-0.3, -0.25) is 4.79 Å². The van der Waals surface area contributed by atoms with Crippen molar-refractivity contribution < 1.29 is 4.79 Å². The zero-order chi connectivity index (χ0) is 22.0. The first-order chi connectivity index (χ1) is 14.9. The van der Waals surface area contributed by atoms with Gasteiger partial charge in [0, 0.05) is 16.6 Å². The average molecular weight is 476 g/mol. The number of hydrogen-bond donors (Lipinski definition) is 1. The molecule has 5 heteroatoms. The lowest BCUT2D eigenvalue weighted by molar-refractivity contribution is 0.0940. The third-order valence-corrected chi connectivity index (χ3v) is 6.10. The number of amides is 1. The molecule has 0 aliphatic heterocycles. The standard InChI is InChI=1S/C26H26BrN3O/c1-17(2)20-5-4-6-21(13-20)18(3)29-26(31)22-9-12-25-24(14-22)28-16-30(25)15-19-7-10-23(27)11-8-19/h4-14,16-18H,15H2,1-3H3,(H,29,31). The smallest absolute Gasteiger partial charge is 0.251 e. The zero-order valence-electron chi connectivity index (χ0n) is 18.0. The van der Waals surface area contributed by atoms with Crippen LogP contribution >= 0.6 is 15.9 Å². The molecule has 0 saturated heterocycles. The molecule has 0 bridgehead atoms. The van der Waals surface area contributed by atoms with Crippen LogP contribution in [0.2, 0.25) is 0 Å². The summed E-state index contributed by atoms with van der Waals surface area (Å²) in [6.45, 7) is 7.10. The molecule has 0 saturated carbocycles. The van der Waals surface area contributed by atoms with Crippen LogP contribution in [0.15, 0.2) is 77.5 Å². The Morgan fingerprint density at radius 2 is 1.74 bits per heavy atom. The molecule has 3 aromatic carbocycles. The molecule has 0 aliphatic carbocycles. The van der Waals surface area contributed by atoms with Crippen molar-refractivity contribution in [3.63, 3.8) is 0 Å². The van der Waals surface area contributed by atoms with Crippen molar-refractivity contribution in [3.05, 3.63) is 99.8 Å². The van der Waals surface area contributed by atoms with E-state index in [2.05, 4.69) is 81.0 Å². The van der Waals surface area contributed by atoms with Gasteiger partial charge in [-0.2, -0.15) is 0 Å². The van der Waals surface area contributed by atoms with E-state index in [-0.39, 0.29) is 11.9 Å². The molecule has 0 aliphatic rings. The predicted octanol–water partition coefficient (Wildman–Crippen LogP) is 6.46. The molecule has 0 fully saturated rings. The quantitative estimate of drug-likeness (QED) is 0.347. The van der Waals surface area contributed by atoms with Crippen LogP contribution in [-0.2, 0) is 6.54 Å². The molecule has 0 spiro atoms. The minimum Gasteiger partial charge on any atom is -0.346 e. The van der Waals surface area contributed by atoms with Gasteiger partial charge in [-0.1, -0.05) is 66.2 Å². The third-order valence-electron chi connectivity index (χ3n) is 5.57. The van der Waals surface area contributed by atoms with Crippen molar-refractivity contribution in [2.75, 3.05) is 0 Å². The van der Waals surface area contributed by atoms with Crippen molar-refractivity contribution in [3.8, 4) is 0 Å². The first kappa shape index (κ1) is 21.3. The number of carbonyl (C=O) groups excluding carboxylic acids is 1. The monoisotopic (exact) mass is 475 g/mol. The number of rotatable bonds is 6. The average Bonchev–Trinajstić information content (AvgIpc) is 3.17. The highest BCUT2D eigenvalue weighted by Gasteiger charge is 2.14. The summed E-state index contributed by atoms with van der Waals surface area (Å²) >= 11 is 3.47. The van der Waals surface area contributed by atoms with Crippen molar-refractivity contribution in [2.45, 2.75) is 39.3 Å². The number of halogens is 1. The Balaban J connectivity index is 1.50. The first-order valence-electron chi connectivity index (χ1n) is 10.5. The number of nitrogens with one attached hydrogen (secondary N) is 1. The maximum atomic E-state index is 12.9. The zero-order valence-corrected chi connectivity index (χ0v) is 19.6. The Morgan fingerprint density at radius 1 is 1.00 bits per heavy atom. The molecule has 4 rings (SSSR count). The van der Waals surface area contributed by atoms with E-state index < -0.39 is 0 Å². The molecule has 4 nitrogen and oxygen atoms in total. The van der Waals surface area contributed by atoms with Crippen LogP contribution in [0.5, 0.6) is 0 Å². The highest BCUT2D eigenvalue weighted by Crippen LogP contribution is 2.21. The fourth-order valence-corrected chi connectivity index (χ4v) is 3.93. The summed E-state index contributed by atoms with van der Waals surface area (Å²) in [7, 11) is 0. The molecule has 1 aromatic heterocycles. The van der Waals surface area contributed by atoms with Crippen LogP contribution in [0, 0.1) is 0 Å². The van der Waals surface area contributed by atoms with Crippen LogP contribution in [0.1, 0.15) is 59.8 Å². The molecule has 1 unspecified atom stereocenters. The molecule has 158 valence electrons. The Labute approximate surface area is 191 Å². The van der Waals surface area contributed by atoms with Crippen molar-refractivity contribution in [2.24, 2.45) is 0 Å². The summed E-state index contributed by atoms with van der Waals surface area (Å²) in [4.78, 5) is 17.4. The summed E-state index contributed by atoms with van der Waals surface area (Å²) in [5.74, 6) is 0.365. The van der Waals surface area contributed by atoms with Gasteiger partial charge in [-0.05, 0) is 59.9 Å². The van der Waals surface area contributed by atoms with Gasteiger partial charge in [0.05, 0.1) is 23.4 Å². The van der Waals surface area contributed by atoms with Crippen molar-refractivity contribution in [1.29, 1.82) is 0 Å². The van der Waals surface area contributed by atoms with Crippen LogP contribution in [0.4, 0.5) is 0 Å². The van der Waals surface area contributed by atoms with Gasteiger partial charge in [0.2, 0.25) is 0 Å². The fraction of sp³-hybridized carbons (Fsp3) is 0.231. The van der Waals surface area contributed by atoms with Gasteiger partial charge < -0.3 is 9.88 Å². The van der Waals surface area contributed by atoms with Gasteiger partial charge in [-0.25, -0.2) is 4.98 Å². The topological polar surface area (TPSA) is 46.9 Å². The number of aromatic nitrogens is 2. The minimum atomic E-state index is -0.0909. The Bertz CT molecular complexity index is 1210. The summed E-state index contributed by atoms with van der Waals surface area (Å²) in [6, 6.07) is 22.3. The number of imidazole rings is 1. The lowest BCUT2D eigenvalue weighted by atomic mass is 9.98. The van der Waals surface area contributed by atoms with Crippen molar-refractivity contribution in [1.82, 2.24) is 14.9 Å². The molecule has 31 heavy (non-hydrogen) atoms. The molecular formula is C26H26BrN3O. The SMILES string of the molecule is CC(C)c1cccc(C(C)NC(=O)c2ccc3c(c2)ncn3Cc2ccc(Br)cc2)c1. The van der Waals surface area contributed by atoms with E-state index >= 15 is 0 Å². The van der Waals surface area contributed by atoms with E-state index in [4.69, 9.17) is 0 Å². The second-order valence-corrected chi connectivity index (χ2v) is 9.14. The van der Waals surface area contributed by atoms with E-state index in [0.29, 0.717) is 11.5 Å². The molecule has 0 radical (unpaired) electrons. The van der Waals surface area contributed by atoms with Crippen LogP contribution in [-0.4, -0.2) is 15.5 Å². The van der Waals surface area contributed by atoms with E-state index in [1.165, 1.54) is 11.1 Å². The largest absolute Gasteiger partial charge is 0.346 e. The van der Waals surface area contributed by atoms with Crippen LogP contribution < -0.4 is 5.32 Å². The maximum Gasteiger partial charge on any atom is 0.251 e. The number of benzene rings is 3. The normalized spacial score (nSPS) is 12.3.